The Bertz CT molecular complexity index is 880. The molecule has 3 aromatic heterocycles. The minimum absolute atomic E-state index is 0.181. The zero-order valence-electron chi connectivity index (χ0n) is 15.5. The van der Waals surface area contributed by atoms with Crippen LogP contribution in [-0.2, 0) is 6.54 Å². The van der Waals surface area contributed by atoms with Gasteiger partial charge in [-0.2, -0.15) is 11.3 Å². The highest BCUT2D eigenvalue weighted by Crippen LogP contribution is 2.25. The number of likely N-dealkylation sites (tertiary alicyclic amines) is 1. The molecule has 1 fully saturated rings. The summed E-state index contributed by atoms with van der Waals surface area (Å²) in [6.45, 7) is 4.80. The van der Waals surface area contributed by atoms with Crippen LogP contribution in [0.15, 0.2) is 47.5 Å². The first-order chi connectivity index (χ1) is 13.2. The average Bonchev–Trinajstić information content (AvgIpc) is 3.37. The first-order valence-corrected chi connectivity index (χ1v) is 10.4. The van der Waals surface area contributed by atoms with Crippen LogP contribution in [0.25, 0.3) is 11.4 Å². The van der Waals surface area contributed by atoms with Crippen LogP contribution >= 0.6 is 11.3 Å². The van der Waals surface area contributed by atoms with Crippen molar-refractivity contribution in [3.05, 3.63) is 58.8 Å². The van der Waals surface area contributed by atoms with Crippen LogP contribution in [0, 0.1) is 12.8 Å². The molecule has 1 amide bonds. The number of hydrogen-bond acceptors (Lipinski definition) is 4. The van der Waals surface area contributed by atoms with Gasteiger partial charge in [-0.3, -0.25) is 9.78 Å². The maximum absolute atomic E-state index is 12.5. The van der Waals surface area contributed by atoms with Gasteiger partial charge in [-0.1, -0.05) is 0 Å². The van der Waals surface area contributed by atoms with E-state index in [0.717, 1.165) is 55.8 Å². The minimum atomic E-state index is 0.181. The molecule has 140 valence electrons. The number of nitrogens with zero attached hydrogens (tertiary/aromatic N) is 4. The molecule has 1 saturated heterocycles. The average molecular weight is 381 g/mol. The van der Waals surface area contributed by atoms with Crippen molar-refractivity contribution in [1.82, 2.24) is 19.4 Å². The van der Waals surface area contributed by atoms with E-state index >= 15 is 0 Å². The number of amides is 1. The Morgan fingerprint density at radius 1 is 1.22 bits per heavy atom. The Labute approximate surface area is 163 Å². The second-order valence-corrected chi connectivity index (χ2v) is 7.93. The summed E-state index contributed by atoms with van der Waals surface area (Å²) in [4.78, 5) is 23.2. The van der Waals surface area contributed by atoms with Crippen molar-refractivity contribution in [2.24, 2.45) is 5.92 Å². The van der Waals surface area contributed by atoms with E-state index in [-0.39, 0.29) is 5.91 Å². The van der Waals surface area contributed by atoms with Gasteiger partial charge in [0.2, 0.25) is 0 Å². The number of aromatic nitrogens is 3. The van der Waals surface area contributed by atoms with Crippen LogP contribution < -0.4 is 0 Å². The molecule has 0 aromatic carbocycles. The van der Waals surface area contributed by atoms with E-state index in [9.17, 15) is 4.79 Å². The summed E-state index contributed by atoms with van der Waals surface area (Å²) in [7, 11) is 0. The lowest BCUT2D eigenvalue weighted by Gasteiger charge is -2.32. The van der Waals surface area contributed by atoms with E-state index in [2.05, 4.69) is 21.5 Å². The first kappa shape index (κ1) is 17.9. The summed E-state index contributed by atoms with van der Waals surface area (Å²) < 4.78 is 2.30. The highest BCUT2D eigenvalue weighted by molar-refractivity contribution is 7.08. The van der Waals surface area contributed by atoms with Crippen LogP contribution in [0.2, 0.25) is 0 Å². The van der Waals surface area contributed by atoms with Crippen molar-refractivity contribution in [1.29, 1.82) is 0 Å². The molecule has 0 saturated carbocycles. The van der Waals surface area contributed by atoms with Crippen molar-refractivity contribution >= 4 is 17.2 Å². The number of imidazole rings is 1. The zero-order valence-corrected chi connectivity index (χ0v) is 16.4. The second kappa shape index (κ2) is 8.05. The standard InChI is InChI=1S/C21H24N4OS/c1-16-14-23-20(18-2-8-22-9-3-18)25(16)12-6-17-4-10-24(11-5-17)21(26)19-7-13-27-15-19/h2-3,7-9,13-15,17H,4-6,10-12H2,1H3. The molecule has 4 heterocycles. The second-order valence-electron chi connectivity index (χ2n) is 7.15. The summed E-state index contributed by atoms with van der Waals surface area (Å²) in [6.07, 6.45) is 8.84. The molecule has 0 spiro atoms. The molecule has 6 heteroatoms. The molecule has 0 atom stereocenters. The van der Waals surface area contributed by atoms with Crippen molar-refractivity contribution in [2.45, 2.75) is 32.7 Å². The number of aryl methyl sites for hydroxylation is 1. The third-order valence-corrected chi connectivity index (χ3v) is 6.11. The third kappa shape index (κ3) is 3.95. The molecule has 0 bridgehead atoms. The number of carbonyl (C=O) groups is 1. The lowest BCUT2D eigenvalue weighted by Crippen LogP contribution is -2.38. The number of thiophene rings is 1. The van der Waals surface area contributed by atoms with E-state index in [1.54, 1.807) is 11.3 Å². The number of pyridine rings is 1. The van der Waals surface area contributed by atoms with Crippen LogP contribution in [-0.4, -0.2) is 38.4 Å². The summed E-state index contributed by atoms with van der Waals surface area (Å²) in [5.41, 5.74) is 3.12. The van der Waals surface area contributed by atoms with Crippen molar-refractivity contribution in [2.75, 3.05) is 13.1 Å². The zero-order chi connectivity index (χ0) is 18.6. The van der Waals surface area contributed by atoms with E-state index in [1.165, 1.54) is 5.69 Å². The van der Waals surface area contributed by atoms with Gasteiger partial charge in [0, 0.05) is 54.9 Å². The lowest BCUT2D eigenvalue weighted by atomic mass is 9.93. The fraction of sp³-hybridized carbons (Fsp3) is 0.381. The molecule has 5 nitrogen and oxygen atoms in total. The van der Waals surface area contributed by atoms with Gasteiger partial charge in [-0.25, -0.2) is 4.98 Å². The number of hydrogen-bond donors (Lipinski definition) is 0. The Morgan fingerprint density at radius 2 is 2.00 bits per heavy atom. The van der Waals surface area contributed by atoms with E-state index in [1.807, 2.05) is 52.4 Å². The SMILES string of the molecule is Cc1cnc(-c2ccncc2)n1CCC1CCN(C(=O)c2ccsc2)CC1. The largest absolute Gasteiger partial charge is 0.339 e. The van der Waals surface area contributed by atoms with Crippen LogP contribution in [0.1, 0.15) is 35.3 Å². The van der Waals surface area contributed by atoms with Gasteiger partial charge >= 0.3 is 0 Å². The van der Waals surface area contributed by atoms with Crippen molar-refractivity contribution in [3.63, 3.8) is 0 Å². The molecule has 0 N–H and O–H groups in total. The summed E-state index contributed by atoms with van der Waals surface area (Å²) in [5.74, 6) is 1.85. The van der Waals surface area contributed by atoms with Crippen molar-refractivity contribution in [3.8, 4) is 11.4 Å². The minimum Gasteiger partial charge on any atom is -0.339 e. The summed E-state index contributed by atoms with van der Waals surface area (Å²) in [6, 6.07) is 5.93. The third-order valence-electron chi connectivity index (χ3n) is 5.42. The molecule has 3 aromatic rings. The fourth-order valence-corrected chi connectivity index (χ4v) is 4.41. The molecule has 4 rings (SSSR count). The van der Waals surface area contributed by atoms with Crippen molar-refractivity contribution < 1.29 is 4.79 Å². The summed E-state index contributed by atoms with van der Waals surface area (Å²) >= 11 is 1.58. The maximum Gasteiger partial charge on any atom is 0.254 e. The van der Waals surface area contributed by atoms with Gasteiger partial charge in [0.1, 0.15) is 5.82 Å². The fourth-order valence-electron chi connectivity index (χ4n) is 3.78. The van der Waals surface area contributed by atoms with Crippen LogP contribution in [0.4, 0.5) is 0 Å². The van der Waals surface area contributed by atoms with Crippen LogP contribution in [0.5, 0.6) is 0 Å². The Kier molecular flexibility index (Phi) is 5.34. The highest BCUT2D eigenvalue weighted by atomic mass is 32.1. The number of rotatable bonds is 5. The molecule has 1 aliphatic heterocycles. The maximum atomic E-state index is 12.5. The van der Waals surface area contributed by atoms with Gasteiger partial charge in [0.15, 0.2) is 0 Å². The van der Waals surface area contributed by atoms with Gasteiger partial charge in [0.25, 0.3) is 5.91 Å². The quantitative estimate of drug-likeness (QED) is 0.665. The number of piperidine rings is 1. The molecule has 0 aliphatic carbocycles. The molecule has 0 radical (unpaired) electrons. The van der Waals surface area contributed by atoms with Gasteiger partial charge in [-0.15, -0.1) is 0 Å². The lowest BCUT2D eigenvalue weighted by molar-refractivity contribution is 0.0685. The predicted octanol–water partition coefficient (Wildman–Crippen LogP) is 4.26. The Balaban J connectivity index is 1.35. The molecular weight excluding hydrogens is 356 g/mol. The predicted molar refractivity (Wildman–Crippen MR) is 108 cm³/mol. The topological polar surface area (TPSA) is 51.0 Å². The van der Waals surface area contributed by atoms with Crippen LogP contribution in [0.3, 0.4) is 0 Å². The molecule has 27 heavy (non-hydrogen) atoms. The highest BCUT2D eigenvalue weighted by Gasteiger charge is 2.24. The number of carbonyl (C=O) groups excluding carboxylic acids is 1. The molecular formula is C21H24N4OS. The van der Waals surface area contributed by atoms with E-state index in [0.29, 0.717) is 5.92 Å². The van der Waals surface area contributed by atoms with E-state index < -0.39 is 0 Å². The van der Waals surface area contributed by atoms with E-state index in [4.69, 9.17) is 0 Å². The normalized spacial score (nSPS) is 15.2. The first-order valence-electron chi connectivity index (χ1n) is 9.46. The Hall–Kier alpha value is -2.47. The van der Waals surface area contributed by atoms with Gasteiger partial charge in [-0.05, 0) is 55.7 Å². The van der Waals surface area contributed by atoms with Gasteiger partial charge < -0.3 is 9.47 Å². The molecule has 1 aliphatic rings. The summed E-state index contributed by atoms with van der Waals surface area (Å²) in [5, 5.41) is 3.91. The smallest absolute Gasteiger partial charge is 0.254 e. The van der Waals surface area contributed by atoms with Gasteiger partial charge in [0.05, 0.1) is 5.56 Å². The monoisotopic (exact) mass is 380 g/mol. The Morgan fingerprint density at radius 3 is 2.70 bits per heavy atom. The molecule has 0 unspecified atom stereocenters.